The molecule has 0 fully saturated rings. The van der Waals surface area contributed by atoms with Gasteiger partial charge in [0, 0.05) is 11.1 Å². The van der Waals surface area contributed by atoms with Gasteiger partial charge in [0.2, 0.25) is 0 Å². The Bertz CT molecular complexity index is 849. The molecule has 5 nitrogen and oxygen atoms in total. The third kappa shape index (κ3) is 4.39. The van der Waals surface area contributed by atoms with Gasteiger partial charge in [0.1, 0.15) is 11.6 Å². The van der Waals surface area contributed by atoms with Crippen LogP contribution >= 0.6 is 11.6 Å². The summed E-state index contributed by atoms with van der Waals surface area (Å²) in [5, 5.41) is 7.76. The molecule has 128 valence electrons. The molecule has 0 bridgehead atoms. The van der Waals surface area contributed by atoms with Gasteiger partial charge in [-0.25, -0.2) is 4.68 Å². The third-order valence-corrected chi connectivity index (χ3v) is 4.04. The lowest BCUT2D eigenvalue weighted by molar-refractivity contribution is -0.122. The summed E-state index contributed by atoms with van der Waals surface area (Å²) in [5.74, 6) is 0.993. The lowest BCUT2D eigenvalue weighted by Crippen LogP contribution is -2.31. The average molecular weight is 356 g/mol. The minimum atomic E-state index is -0.633. The predicted octanol–water partition coefficient (Wildman–Crippen LogP) is 3.99. The number of hydrogen-bond acceptors (Lipinski definition) is 3. The number of nitrogens with one attached hydrogen (secondary N) is 1. The first-order valence-corrected chi connectivity index (χ1v) is 8.29. The number of benzene rings is 2. The van der Waals surface area contributed by atoms with Crippen molar-refractivity contribution in [1.29, 1.82) is 0 Å². The number of carbonyl (C=O) groups excluding carboxylic acids is 1. The van der Waals surface area contributed by atoms with E-state index in [9.17, 15) is 4.79 Å². The maximum Gasteiger partial charge on any atom is 0.266 e. The van der Waals surface area contributed by atoms with E-state index in [2.05, 4.69) is 10.4 Å². The van der Waals surface area contributed by atoms with E-state index >= 15 is 0 Å². The van der Waals surface area contributed by atoms with E-state index in [1.807, 2.05) is 54.6 Å². The Balaban J connectivity index is 1.66. The van der Waals surface area contributed by atoms with E-state index in [0.29, 0.717) is 23.1 Å². The molecule has 0 saturated heterocycles. The quantitative estimate of drug-likeness (QED) is 0.727. The minimum absolute atomic E-state index is 0.246. The van der Waals surface area contributed by atoms with Crippen molar-refractivity contribution in [3.8, 4) is 5.75 Å². The Kier molecular flexibility index (Phi) is 5.36. The number of anilines is 1. The second-order valence-corrected chi connectivity index (χ2v) is 5.94. The number of amides is 1. The Hall–Kier alpha value is -2.79. The molecule has 1 N–H and O–H groups in total. The van der Waals surface area contributed by atoms with E-state index in [-0.39, 0.29) is 5.91 Å². The number of nitrogens with zero attached hydrogens (tertiary/aromatic N) is 2. The summed E-state index contributed by atoms with van der Waals surface area (Å²) in [7, 11) is 0. The Morgan fingerprint density at radius 3 is 2.64 bits per heavy atom. The summed E-state index contributed by atoms with van der Waals surface area (Å²) in [5.41, 5.74) is 0.928. The van der Waals surface area contributed by atoms with Gasteiger partial charge in [-0.15, -0.1) is 0 Å². The van der Waals surface area contributed by atoms with Crippen molar-refractivity contribution in [2.45, 2.75) is 19.6 Å². The topological polar surface area (TPSA) is 56.1 Å². The van der Waals surface area contributed by atoms with E-state index < -0.39 is 6.10 Å². The second-order valence-electron chi connectivity index (χ2n) is 5.53. The van der Waals surface area contributed by atoms with Crippen LogP contribution in [-0.4, -0.2) is 21.8 Å². The van der Waals surface area contributed by atoms with Crippen LogP contribution in [0.1, 0.15) is 12.5 Å². The summed E-state index contributed by atoms with van der Waals surface area (Å²) in [6.45, 7) is 2.17. The molecule has 3 rings (SSSR count). The first-order chi connectivity index (χ1) is 12.1. The molecule has 1 atom stereocenters. The molecule has 2 aromatic carbocycles. The highest BCUT2D eigenvalue weighted by molar-refractivity contribution is 6.31. The molecule has 1 aromatic heterocycles. The van der Waals surface area contributed by atoms with Gasteiger partial charge in [0.05, 0.1) is 12.7 Å². The SMILES string of the molecule is C[C@H](Oc1ccccc1)C(=O)Nc1ccnn1Cc1ccccc1Cl. The van der Waals surface area contributed by atoms with Gasteiger partial charge in [0.25, 0.3) is 5.91 Å². The maximum atomic E-state index is 12.4. The Morgan fingerprint density at radius 2 is 1.88 bits per heavy atom. The molecule has 0 aliphatic rings. The third-order valence-electron chi connectivity index (χ3n) is 3.67. The molecule has 1 heterocycles. The zero-order valence-electron chi connectivity index (χ0n) is 13.7. The standard InChI is InChI=1S/C19H18ClN3O2/c1-14(25-16-8-3-2-4-9-16)19(24)22-18-11-12-21-23(18)13-15-7-5-6-10-17(15)20/h2-12,14H,13H2,1H3,(H,22,24)/t14-/m0/s1. The fourth-order valence-corrected chi connectivity index (χ4v) is 2.53. The Morgan fingerprint density at radius 1 is 1.16 bits per heavy atom. The molecule has 1 amide bonds. The zero-order chi connectivity index (χ0) is 17.6. The van der Waals surface area contributed by atoms with Crippen molar-refractivity contribution in [3.05, 3.63) is 77.4 Å². The van der Waals surface area contributed by atoms with Gasteiger partial charge in [-0.1, -0.05) is 48.0 Å². The van der Waals surface area contributed by atoms with Crippen LogP contribution in [0.15, 0.2) is 66.9 Å². The fraction of sp³-hybridized carbons (Fsp3) is 0.158. The van der Waals surface area contributed by atoms with E-state index in [1.54, 1.807) is 23.9 Å². The van der Waals surface area contributed by atoms with E-state index in [0.717, 1.165) is 5.56 Å². The van der Waals surface area contributed by atoms with Crippen LogP contribution in [0.2, 0.25) is 5.02 Å². The fourth-order valence-electron chi connectivity index (χ4n) is 2.34. The normalized spacial score (nSPS) is 11.8. The molecule has 0 spiro atoms. The van der Waals surface area contributed by atoms with Gasteiger partial charge >= 0.3 is 0 Å². The van der Waals surface area contributed by atoms with Gasteiger partial charge in [0.15, 0.2) is 6.10 Å². The lowest BCUT2D eigenvalue weighted by Gasteiger charge is -2.15. The van der Waals surface area contributed by atoms with Crippen LogP contribution in [0.3, 0.4) is 0 Å². The van der Waals surface area contributed by atoms with Crippen molar-refractivity contribution < 1.29 is 9.53 Å². The summed E-state index contributed by atoms with van der Waals surface area (Å²) < 4.78 is 7.33. The van der Waals surface area contributed by atoms with Crippen LogP contribution < -0.4 is 10.1 Å². The average Bonchev–Trinajstić information content (AvgIpc) is 3.04. The molecule has 0 aliphatic carbocycles. The molecule has 0 unspecified atom stereocenters. The van der Waals surface area contributed by atoms with Gasteiger partial charge in [-0.05, 0) is 30.7 Å². The monoisotopic (exact) mass is 355 g/mol. The van der Waals surface area contributed by atoms with Crippen LogP contribution in [0.5, 0.6) is 5.75 Å². The number of rotatable bonds is 6. The number of carbonyl (C=O) groups is 1. The highest BCUT2D eigenvalue weighted by atomic mass is 35.5. The molecule has 0 aliphatic heterocycles. The highest BCUT2D eigenvalue weighted by Crippen LogP contribution is 2.18. The van der Waals surface area contributed by atoms with Crippen LogP contribution in [0.4, 0.5) is 5.82 Å². The van der Waals surface area contributed by atoms with Gasteiger partial charge < -0.3 is 10.1 Å². The molecule has 0 radical (unpaired) electrons. The number of aromatic nitrogens is 2. The van der Waals surface area contributed by atoms with Crippen LogP contribution in [-0.2, 0) is 11.3 Å². The summed E-state index contributed by atoms with van der Waals surface area (Å²) in [6.07, 6.45) is 1.00. The van der Waals surface area contributed by atoms with Crippen molar-refractivity contribution >= 4 is 23.3 Å². The van der Waals surface area contributed by atoms with Crippen molar-refractivity contribution in [3.63, 3.8) is 0 Å². The molecule has 3 aromatic rings. The largest absolute Gasteiger partial charge is 0.481 e. The molecule has 6 heteroatoms. The van der Waals surface area contributed by atoms with Crippen molar-refractivity contribution in [1.82, 2.24) is 9.78 Å². The van der Waals surface area contributed by atoms with Crippen molar-refractivity contribution in [2.75, 3.05) is 5.32 Å². The van der Waals surface area contributed by atoms with Gasteiger partial charge in [-0.2, -0.15) is 5.10 Å². The molecular formula is C19H18ClN3O2. The molecule has 25 heavy (non-hydrogen) atoms. The van der Waals surface area contributed by atoms with E-state index in [4.69, 9.17) is 16.3 Å². The number of ether oxygens (including phenoxy) is 1. The minimum Gasteiger partial charge on any atom is -0.481 e. The molecular weight excluding hydrogens is 338 g/mol. The summed E-state index contributed by atoms with van der Waals surface area (Å²) >= 11 is 6.19. The smallest absolute Gasteiger partial charge is 0.266 e. The zero-order valence-corrected chi connectivity index (χ0v) is 14.5. The van der Waals surface area contributed by atoms with Crippen LogP contribution in [0.25, 0.3) is 0 Å². The highest BCUT2D eigenvalue weighted by Gasteiger charge is 2.17. The van der Waals surface area contributed by atoms with E-state index in [1.165, 1.54) is 0 Å². The number of para-hydroxylation sites is 1. The number of hydrogen-bond donors (Lipinski definition) is 1. The van der Waals surface area contributed by atoms with Gasteiger partial charge in [-0.3, -0.25) is 4.79 Å². The predicted molar refractivity (Wildman–Crippen MR) is 97.9 cm³/mol. The van der Waals surface area contributed by atoms with Crippen LogP contribution in [0, 0.1) is 0 Å². The summed E-state index contributed by atoms with van der Waals surface area (Å²) in [6, 6.07) is 18.5. The lowest BCUT2D eigenvalue weighted by atomic mass is 10.2. The second kappa shape index (κ2) is 7.85. The maximum absolute atomic E-state index is 12.4. The first-order valence-electron chi connectivity index (χ1n) is 7.91. The first kappa shape index (κ1) is 17.0. The van der Waals surface area contributed by atoms with Crippen molar-refractivity contribution in [2.24, 2.45) is 0 Å². The molecule has 0 saturated carbocycles. The Labute approximate surface area is 151 Å². The number of halogens is 1. The summed E-state index contributed by atoms with van der Waals surface area (Å²) in [4.78, 5) is 12.4.